The van der Waals surface area contributed by atoms with Crippen LogP contribution in [0.5, 0.6) is 0 Å². The molecule has 0 radical (unpaired) electrons. The van der Waals surface area contributed by atoms with E-state index in [9.17, 15) is 9.18 Å². The summed E-state index contributed by atoms with van der Waals surface area (Å²) < 4.78 is 14.0. The van der Waals surface area contributed by atoms with Crippen molar-refractivity contribution in [2.75, 3.05) is 18.0 Å². The van der Waals surface area contributed by atoms with E-state index in [2.05, 4.69) is 4.90 Å². The van der Waals surface area contributed by atoms with Crippen molar-refractivity contribution in [3.8, 4) is 0 Å². The Morgan fingerprint density at radius 3 is 2.50 bits per heavy atom. The van der Waals surface area contributed by atoms with Gasteiger partial charge in [0.15, 0.2) is 5.78 Å². The minimum atomic E-state index is -0.261. The van der Waals surface area contributed by atoms with E-state index in [0.29, 0.717) is 11.3 Å². The second-order valence-corrected chi connectivity index (χ2v) is 5.58. The molecule has 1 aromatic carbocycles. The first-order valence-corrected chi connectivity index (χ1v) is 6.70. The summed E-state index contributed by atoms with van der Waals surface area (Å²) in [4.78, 5) is 13.4. The minimum absolute atomic E-state index is 0.0845. The number of benzene rings is 1. The first kappa shape index (κ1) is 11.7. The fraction of sp³-hybridized carbons (Fsp3) is 0.533. The van der Waals surface area contributed by atoms with Crippen molar-refractivity contribution in [1.29, 1.82) is 0 Å². The number of rotatable bonds is 2. The van der Waals surface area contributed by atoms with E-state index in [0.717, 1.165) is 24.9 Å². The van der Waals surface area contributed by atoms with E-state index >= 15 is 0 Å². The smallest absolute Gasteiger partial charge is 0.159 e. The molecule has 1 saturated carbocycles. The quantitative estimate of drug-likeness (QED) is 0.748. The van der Waals surface area contributed by atoms with Crippen LogP contribution >= 0.6 is 0 Å². The van der Waals surface area contributed by atoms with Crippen LogP contribution < -0.4 is 4.90 Å². The maximum Gasteiger partial charge on any atom is 0.159 e. The number of carbonyl (C=O) groups is 1. The highest BCUT2D eigenvalue weighted by atomic mass is 19.1. The van der Waals surface area contributed by atoms with E-state index < -0.39 is 0 Å². The van der Waals surface area contributed by atoms with E-state index in [4.69, 9.17) is 0 Å². The van der Waals surface area contributed by atoms with Crippen LogP contribution in [0.3, 0.4) is 0 Å². The maximum absolute atomic E-state index is 14.0. The third-order valence-corrected chi connectivity index (χ3v) is 4.42. The lowest BCUT2D eigenvalue weighted by Crippen LogP contribution is -2.22. The number of halogens is 1. The van der Waals surface area contributed by atoms with Crippen LogP contribution in [0.15, 0.2) is 18.2 Å². The number of Topliss-reactive ketones (excluding diaryl/α,β-unsaturated/α-hetero) is 1. The summed E-state index contributed by atoms with van der Waals surface area (Å²) in [7, 11) is 0. The number of ketones is 1. The van der Waals surface area contributed by atoms with Crippen LogP contribution in [0.25, 0.3) is 0 Å². The van der Waals surface area contributed by atoms with Crippen molar-refractivity contribution in [2.24, 2.45) is 11.8 Å². The van der Waals surface area contributed by atoms with Gasteiger partial charge < -0.3 is 4.90 Å². The van der Waals surface area contributed by atoms with Gasteiger partial charge in [-0.2, -0.15) is 0 Å². The predicted molar refractivity (Wildman–Crippen MR) is 69.4 cm³/mol. The summed E-state index contributed by atoms with van der Waals surface area (Å²) >= 11 is 0. The second kappa shape index (κ2) is 4.38. The minimum Gasteiger partial charge on any atom is -0.369 e. The molecular weight excluding hydrogens is 229 g/mol. The van der Waals surface area contributed by atoms with Gasteiger partial charge >= 0.3 is 0 Å². The predicted octanol–water partition coefficient (Wildman–Crippen LogP) is 3.26. The van der Waals surface area contributed by atoms with Gasteiger partial charge in [0.2, 0.25) is 0 Å². The van der Waals surface area contributed by atoms with Crippen molar-refractivity contribution in [3.63, 3.8) is 0 Å². The van der Waals surface area contributed by atoms with Crippen molar-refractivity contribution in [1.82, 2.24) is 0 Å². The molecule has 18 heavy (non-hydrogen) atoms. The largest absolute Gasteiger partial charge is 0.369 e. The summed E-state index contributed by atoms with van der Waals surface area (Å²) in [5.74, 6) is 1.15. The molecule has 2 unspecified atom stereocenters. The van der Waals surface area contributed by atoms with Gasteiger partial charge in [0, 0.05) is 18.7 Å². The van der Waals surface area contributed by atoms with Gasteiger partial charge in [-0.25, -0.2) is 4.39 Å². The molecule has 96 valence electrons. The fourth-order valence-electron chi connectivity index (χ4n) is 3.41. The topological polar surface area (TPSA) is 20.3 Å². The first-order chi connectivity index (χ1) is 8.65. The summed E-state index contributed by atoms with van der Waals surface area (Å²) in [6, 6.07) is 4.85. The number of nitrogens with zero attached hydrogens (tertiary/aromatic N) is 1. The summed E-state index contributed by atoms with van der Waals surface area (Å²) in [5.41, 5.74) is 1.12. The SMILES string of the molecule is CC(=O)c1ccc(N2CC3CCCC3C2)c(F)c1. The monoisotopic (exact) mass is 247 g/mol. The molecule has 0 aromatic heterocycles. The number of fused-ring (bicyclic) bond motifs is 1. The van der Waals surface area contributed by atoms with E-state index in [1.807, 2.05) is 0 Å². The lowest BCUT2D eigenvalue weighted by molar-refractivity contribution is 0.101. The number of anilines is 1. The Morgan fingerprint density at radius 2 is 1.94 bits per heavy atom. The summed E-state index contributed by atoms with van der Waals surface area (Å²) in [6.45, 7) is 3.41. The van der Waals surface area contributed by atoms with Gasteiger partial charge in [-0.3, -0.25) is 4.79 Å². The molecule has 1 aliphatic carbocycles. The van der Waals surface area contributed by atoms with E-state index in [-0.39, 0.29) is 11.6 Å². The van der Waals surface area contributed by atoms with Crippen LogP contribution in [-0.4, -0.2) is 18.9 Å². The van der Waals surface area contributed by atoms with Gasteiger partial charge in [0.05, 0.1) is 5.69 Å². The van der Waals surface area contributed by atoms with Crippen molar-refractivity contribution in [3.05, 3.63) is 29.6 Å². The van der Waals surface area contributed by atoms with E-state index in [1.165, 1.54) is 32.3 Å². The lowest BCUT2D eigenvalue weighted by atomic mass is 10.0. The van der Waals surface area contributed by atoms with Crippen molar-refractivity contribution >= 4 is 11.5 Å². The second-order valence-electron chi connectivity index (χ2n) is 5.58. The standard InChI is InChI=1S/C15H18FNO/c1-10(18)11-5-6-15(14(16)7-11)17-8-12-3-2-4-13(12)9-17/h5-7,12-13H,2-4,8-9H2,1H3. The van der Waals surface area contributed by atoms with Gasteiger partial charge in [0.25, 0.3) is 0 Å². The zero-order valence-corrected chi connectivity index (χ0v) is 10.7. The molecule has 2 fully saturated rings. The number of hydrogen-bond donors (Lipinski definition) is 0. The van der Waals surface area contributed by atoms with Crippen molar-refractivity contribution < 1.29 is 9.18 Å². The average molecular weight is 247 g/mol. The molecular formula is C15H18FNO. The molecule has 1 heterocycles. The fourth-order valence-corrected chi connectivity index (χ4v) is 3.41. The highest BCUT2D eigenvalue weighted by molar-refractivity contribution is 5.94. The highest BCUT2D eigenvalue weighted by Gasteiger charge is 2.36. The molecule has 1 aliphatic heterocycles. The molecule has 2 atom stereocenters. The van der Waals surface area contributed by atoms with Crippen LogP contribution in [-0.2, 0) is 0 Å². The molecule has 0 amide bonds. The van der Waals surface area contributed by atoms with Crippen LogP contribution in [0.4, 0.5) is 10.1 Å². The maximum atomic E-state index is 14.0. The molecule has 1 aromatic rings. The third kappa shape index (κ3) is 1.92. The van der Waals surface area contributed by atoms with Gasteiger partial charge in [-0.1, -0.05) is 6.42 Å². The van der Waals surface area contributed by atoms with Crippen LogP contribution in [0, 0.1) is 17.7 Å². The highest BCUT2D eigenvalue weighted by Crippen LogP contribution is 2.40. The summed E-state index contributed by atoms with van der Waals surface area (Å²) in [5, 5.41) is 0. The molecule has 3 heteroatoms. The Hall–Kier alpha value is -1.38. The lowest BCUT2D eigenvalue weighted by Gasteiger charge is -2.20. The molecule has 3 rings (SSSR count). The Bertz CT molecular complexity index is 473. The van der Waals surface area contributed by atoms with Gasteiger partial charge in [-0.15, -0.1) is 0 Å². The first-order valence-electron chi connectivity index (χ1n) is 6.70. The normalized spacial score (nSPS) is 26.4. The van der Waals surface area contributed by atoms with Crippen LogP contribution in [0.2, 0.25) is 0 Å². The van der Waals surface area contributed by atoms with Gasteiger partial charge in [0.1, 0.15) is 5.82 Å². The van der Waals surface area contributed by atoms with E-state index in [1.54, 1.807) is 12.1 Å². The third-order valence-electron chi connectivity index (χ3n) is 4.42. The molecule has 0 bridgehead atoms. The number of carbonyl (C=O) groups excluding carboxylic acids is 1. The Morgan fingerprint density at radius 1 is 1.28 bits per heavy atom. The molecule has 0 spiro atoms. The Kier molecular flexibility index (Phi) is 2.84. The molecule has 1 saturated heterocycles. The Labute approximate surface area is 107 Å². The van der Waals surface area contributed by atoms with Crippen LogP contribution in [0.1, 0.15) is 36.5 Å². The molecule has 2 aliphatic rings. The van der Waals surface area contributed by atoms with Crippen molar-refractivity contribution in [2.45, 2.75) is 26.2 Å². The van der Waals surface area contributed by atoms with Gasteiger partial charge in [-0.05, 0) is 49.8 Å². The zero-order valence-electron chi connectivity index (χ0n) is 10.7. The summed E-state index contributed by atoms with van der Waals surface area (Å²) in [6.07, 6.45) is 3.90. The Balaban J connectivity index is 1.83. The number of hydrogen-bond acceptors (Lipinski definition) is 2. The average Bonchev–Trinajstić information content (AvgIpc) is 2.88. The zero-order chi connectivity index (χ0) is 12.7. The molecule has 2 nitrogen and oxygen atoms in total. The molecule has 0 N–H and O–H groups in total.